The number of hydrogen-bond donors (Lipinski definition) is 1. The zero-order valence-electron chi connectivity index (χ0n) is 9.25. The van der Waals surface area contributed by atoms with Gasteiger partial charge in [-0.1, -0.05) is 46.9 Å². The molecule has 0 fully saturated rings. The van der Waals surface area contributed by atoms with Crippen LogP contribution in [-0.2, 0) is 0 Å². The molecule has 2 rings (SSSR count). The van der Waals surface area contributed by atoms with Gasteiger partial charge in [0.25, 0.3) is 0 Å². The maximum absolute atomic E-state index is 13.7. The number of carboxylic acid groups (broad SMARTS) is 1. The Morgan fingerprint density at radius 2 is 1.74 bits per heavy atom. The molecular weight excluding hydrogens is 313 g/mol. The van der Waals surface area contributed by atoms with Gasteiger partial charge in [-0.2, -0.15) is 0 Å². The minimum absolute atomic E-state index is 0.0861. The lowest BCUT2D eigenvalue weighted by molar-refractivity contribution is 0.0692. The van der Waals surface area contributed by atoms with E-state index in [-0.39, 0.29) is 15.6 Å². The van der Waals surface area contributed by atoms with Gasteiger partial charge < -0.3 is 5.11 Å². The van der Waals surface area contributed by atoms with Gasteiger partial charge in [0.2, 0.25) is 0 Å². The summed E-state index contributed by atoms with van der Waals surface area (Å²) in [5.74, 6) is -2.27. The van der Waals surface area contributed by atoms with Gasteiger partial charge in [0.15, 0.2) is 0 Å². The molecule has 0 atom stereocenters. The van der Waals surface area contributed by atoms with Gasteiger partial charge in [0.05, 0.1) is 15.6 Å². The lowest BCUT2D eigenvalue weighted by atomic mass is 10.0. The van der Waals surface area contributed by atoms with Crippen molar-refractivity contribution < 1.29 is 14.3 Å². The molecular formula is C13H6Cl3FO2. The first kappa shape index (κ1) is 14.1. The van der Waals surface area contributed by atoms with Gasteiger partial charge in [-0.3, -0.25) is 0 Å². The minimum atomic E-state index is -1.39. The third kappa shape index (κ3) is 2.68. The molecule has 2 aromatic carbocycles. The van der Waals surface area contributed by atoms with Crippen molar-refractivity contribution in [1.82, 2.24) is 0 Å². The zero-order valence-corrected chi connectivity index (χ0v) is 11.5. The van der Waals surface area contributed by atoms with E-state index in [2.05, 4.69) is 0 Å². The Morgan fingerprint density at radius 3 is 2.37 bits per heavy atom. The number of aromatic carboxylic acids is 1. The highest BCUT2D eigenvalue weighted by Gasteiger charge is 2.17. The molecule has 19 heavy (non-hydrogen) atoms. The largest absolute Gasteiger partial charge is 0.478 e. The molecule has 1 N–H and O–H groups in total. The quantitative estimate of drug-likeness (QED) is 0.831. The maximum Gasteiger partial charge on any atom is 0.338 e. The highest BCUT2D eigenvalue weighted by Crippen LogP contribution is 2.38. The average Bonchev–Trinajstić information content (AvgIpc) is 2.35. The Balaban J connectivity index is 2.67. The van der Waals surface area contributed by atoms with E-state index in [1.807, 2.05) is 0 Å². The molecule has 0 radical (unpaired) electrons. The standard InChI is InChI=1S/C13H6Cl3FO2/c14-9-3-1-2-6(12(9)16)7-5-11(17)8(13(18)19)4-10(7)15/h1-5H,(H,18,19). The summed E-state index contributed by atoms with van der Waals surface area (Å²) < 4.78 is 13.7. The number of halogens is 4. The van der Waals surface area contributed by atoms with Crippen molar-refractivity contribution in [3.8, 4) is 11.1 Å². The highest BCUT2D eigenvalue weighted by molar-refractivity contribution is 6.44. The predicted molar refractivity (Wildman–Crippen MR) is 73.8 cm³/mol. The molecule has 0 aliphatic heterocycles. The smallest absolute Gasteiger partial charge is 0.338 e. The lowest BCUT2D eigenvalue weighted by Crippen LogP contribution is -2.01. The van der Waals surface area contributed by atoms with E-state index in [1.54, 1.807) is 18.2 Å². The van der Waals surface area contributed by atoms with Crippen LogP contribution in [0.15, 0.2) is 30.3 Å². The van der Waals surface area contributed by atoms with Crippen LogP contribution in [0.3, 0.4) is 0 Å². The van der Waals surface area contributed by atoms with E-state index in [0.29, 0.717) is 10.6 Å². The summed E-state index contributed by atoms with van der Waals surface area (Å²) in [6, 6.07) is 6.93. The topological polar surface area (TPSA) is 37.3 Å². The molecule has 0 unspecified atom stereocenters. The molecule has 0 heterocycles. The van der Waals surface area contributed by atoms with Crippen molar-refractivity contribution in [2.24, 2.45) is 0 Å². The molecule has 0 saturated carbocycles. The highest BCUT2D eigenvalue weighted by atomic mass is 35.5. The number of carbonyl (C=O) groups is 1. The third-order valence-corrected chi connectivity index (χ3v) is 3.66. The lowest BCUT2D eigenvalue weighted by Gasteiger charge is -2.09. The van der Waals surface area contributed by atoms with Gasteiger partial charge in [-0.15, -0.1) is 0 Å². The van der Waals surface area contributed by atoms with Crippen LogP contribution in [0.5, 0.6) is 0 Å². The van der Waals surface area contributed by atoms with Crippen molar-refractivity contribution in [2.75, 3.05) is 0 Å². The molecule has 2 aromatic rings. The fourth-order valence-corrected chi connectivity index (χ4v) is 2.30. The first-order valence-corrected chi connectivity index (χ1v) is 6.22. The summed E-state index contributed by atoms with van der Waals surface area (Å²) in [6.07, 6.45) is 0. The van der Waals surface area contributed by atoms with E-state index in [4.69, 9.17) is 39.9 Å². The molecule has 0 amide bonds. The van der Waals surface area contributed by atoms with Crippen LogP contribution < -0.4 is 0 Å². The van der Waals surface area contributed by atoms with Gasteiger partial charge in [-0.05, 0) is 18.2 Å². The Hall–Kier alpha value is -1.29. The van der Waals surface area contributed by atoms with E-state index < -0.39 is 17.3 Å². The van der Waals surface area contributed by atoms with Gasteiger partial charge in [0.1, 0.15) is 5.82 Å². The molecule has 0 aromatic heterocycles. The van der Waals surface area contributed by atoms with Crippen LogP contribution in [0.4, 0.5) is 4.39 Å². The number of benzene rings is 2. The third-order valence-electron chi connectivity index (χ3n) is 2.53. The Kier molecular flexibility index (Phi) is 3.99. The normalized spacial score (nSPS) is 10.5. The summed E-state index contributed by atoms with van der Waals surface area (Å²) in [6.45, 7) is 0. The molecule has 6 heteroatoms. The van der Waals surface area contributed by atoms with E-state index in [9.17, 15) is 9.18 Å². The summed E-state index contributed by atoms with van der Waals surface area (Å²) in [5, 5.41) is 9.42. The van der Waals surface area contributed by atoms with Crippen LogP contribution in [0.1, 0.15) is 10.4 Å². The summed E-state index contributed by atoms with van der Waals surface area (Å²) in [5.41, 5.74) is 0.235. The minimum Gasteiger partial charge on any atom is -0.478 e. The number of carboxylic acids is 1. The van der Waals surface area contributed by atoms with Crippen LogP contribution in [0.2, 0.25) is 15.1 Å². The van der Waals surface area contributed by atoms with Crippen molar-refractivity contribution in [3.63, 3.8) is 0 Å². The molecule has 0 saturated heterocycles. The molecule has 0 spiro atoms. The fraction of sp³-hybridized carbons (Fsp3) is 0. The Bertz CT molecular complexity index is 671. The van der Waals surface area contributed by atoms with Crippen LogP contribution in [0.25, 0.3) is 11.1 Å². The van der Waals surface area contributed by atoms with Crippen molar-refractivity contribution in [3.05, 3.63) is 56.8 Å². The molecule has 98 valence electrons. The maximum atomic E-state index is 13.7. The predicted octanol–water partition coefficient (Wildman–Crippen LogP) is 5.15. The van der Waals surface area contributed by atoms with Crippen molar-refractivity contribution in [1.29, 1.82) is 0 Å². The SMILES string of the molecule is O=C(O)c1cc(Cl)c(-c2cccc(Cl)c2Cl)cc1F. The van der Waals surface area contributed by atoms with Gasteiger partial charge in [-0.25, -0.2) is 9.18 Å². The summed E-state index contributed by atoms with van der Waals surface area (Å²) >= 11 is 17.9. The first-order valence-electron chi connectivity index (χ1n) is 5.08. The second kappa shape index (κ2) is 5.37. The Morgan fingerprint density at radius 1 is 1.05 bits per heavy atom. The second-order valence-corrected chi connectivity index (χ2v) is 4.91. The second-order valence-electron chi connectivity index (χ2n) is 3.72. The summed E-state index contributed by atoms with van der Waals surface area (Å²) in [7, 11) is 0. The molecule has 0 aliphatic carbocycles. The average molecular weight is 320 g/mol. The van der Waals surface area contributed by atoms with Gasteiger partial charge in [0, 0.05) is 16.1 Å². The van der Waals surface area contributed by atoms with E-state index in [0.717, 1.165) is 12.1 Å². The van der Waals surface area contributed by atoms with Crippen molar-refractivity contribution in [2.45, 2.75) is 0 Å². The van der Waals surface area contributed by atoms with Crippen LogP contribution in [0, 0.1) is 5.82 Å². The Labute approximate surface area is 123 Å². The summed E-state index contributed by atoms with van der Waals surface area (Å²) in [4.78, 5) is 10.8. The van der Waals surface area contributed by atoms with E-state index >= 15 is 0 Å². The first-order chi connectivity index (χ1) is 8.91. The molecule has 2 nitrogen and oxygen atoms in total. The van der Waals surface area contributed by atoms with Crippen LogP contribution in [-0.4, -0.2) is 11.1 Å². The molecule has 0 aliphatic rings. The van der Waals surface area contributed by atoms with E-state index in [1.165, 1.54) is 0 Å². The number of hydrogen-bond acceptors (Lipinski definition) is 1. The van der Waals surface area contributed by atoms with Crippen molar-refractivity contribution >= 4 is 40.8 Å². The zero-order chi connectivity index (χ0) is 14.2. The monoisotopic (exact) mass is 318 g/mol. The fourth-order valence-electron chi connectivity index (χ4n) is 1.63. The van der Waals surface area contributed by atoms with Gasteiger partial charge >= 0.3 is 5.97 Å². The number of rotatable bonds is 2. The molecule has 0 bridgehead atoms. The van der Waals surface area contributed by atoms with Crippen LogP contribution >= 0.6 is 34.8 Å².